The molecule has 0 fully saturated rings. The highest BCUT2D eigenvalue weighted by Crippen LogP contribution is 2.27. The van der Waals surface area contributed by atoms with Crippen LogP contribution in [0.5, 0.6) is 0 Å². The molecule has 0 heterocycles. The van der Waals surface area contributed by atoms with E-state index in [4.69, 9.17) is 17.3 Å². The van der Waals surface area contributed by atoms with Gasteiger partial charge in [0.2, 0.25) is 0 Å². The summed E-state index contributed by atoms with van der Waals surface area (Å²) in [5.74, 6) is 0. The molecule has 62 valence electrons. The van der Waals surface area contributed by atoms with Crippen LogP contribution in [0.1, 0.15) is 33.6 Å². The molecule has 0 aliphatic carbocycles. The van der Waals surface area contributed by atoms with Crippen molar-refractivity contribution in [2.75, 3.05) is 0 Å². The maximum absolute atomic E-state index is 9.42. The smallest absolute Gasteiger partial charge is 0.119 e. The molecule has 0 radical (unpaired) electrons. The van der Waals surface area contributed by atoms with Crippen LogP contribution in [-0.2, 0) is 0 Å². The van der Waals surface area contributed by atoms with Crippen molar-refractivity contribution in [2.45, 2.75) is 44.2 Å². The van der Waals surface area contributed by atoms with E-state index >= 15 is 0 Å². The first kappa shape index (κ1) is 10.2. The lowest BCUT2D eigenvalue weighted by atomic mass is 9.95. The van der Waals surface area contributed by atoms with Crippen molar-refractivity contribution in [3.05, 3.63) is 0 Å². The fourth-order valence-corrected chi connectivity index (χ4v) is 0.859. The third kappa shape index (κ3) is 2.45. The highest BCUT2D eigenvalue weighted by molar-refractivity contribution is 6.24. The van der Waals surface area contributed by atoms with Crippen LogP contribution in [0.25, 0.3) is 0 Å². The summed E-state index contributed by atoms with van der Waals surface area (Å²) in [5, 5.41) is 9.42. The van der Waals surface area contributed by atoms with Gasteiger partial charge in [0.15, 0.2) is 0 Å². The van der Waals surface area contributed by atoms with Crippen LogP contribution in [0.3, 0.4) is 0 Å². The molecule has 0 aromatic rings. The number of alkyl halides is 1. The second kappa shape index (κ2) is 3.07. The molecule has 0 aliphatic rings. The lowest BCUT2D eigenvalue weighted by molar-refractivity contribution is 0.0309. The molecule has 0 saturated carbocycles. The Morgan fingerprint density at radius 2 is 1.90 bits per heavy atom. The molecular weight excluding hydrogens is 150 g/mol. The number of hydrogen-bond donors (Lipinski definition) is 2. The first-order chi connectivity index (χ1) is 4.31. The molecule has 0 aromatic heterocycles. The van der Waals surface area contributed by atoms with E-state index in [2.05, 4.69) is 0 Å². The van der Waals surface area contributed by atoms with Crippen molar-refractivity contribution in [1.82, 2.24) is 0 Å². The van der Waals surface area contributed by atoms with Gasteiger partial charge in [-0.15, -0.1) is 0 Å². The molecule has 2 nitrogen and oxygen atoms in total. The Hall–Kier alpha value is 0.210. The molecule has 0 saturated heterocycles. The average Bonchev–Trinajstić information content (AvgIpc) is 1.61. The lowest BCUT2D eigenvalue weighted by Crippen LogP contribution is -2.52. The van der Waals surface area contributed by atoms with Crippen LogP contribution < -0.4 is 5.73 Å². The van der Waals surface area contributed by atoms with E-state index in [1.807, 2.05) is 6.92 Å². The van der Waals surface area contributed by atoms with Gasteiger partial charge >= 0.3 is 0 Å². The predicted octanol–water partition coefficient (Wildman–Crippen LogP) is 1.45. The van der Waals surface area contributed by atoms with Gasteiger partial charge in [-0.3, -0.25) is 0 Å². The van der Waals surface area contributed by atoms with Gasteiger partial charge in [-0.1, -0.05) is 24.9 Å². The second-order valence-electron chi connectivity index (χ2n) is 3.17. The van der Waals surface area contributed by atoms with Gasteiger partial charge in [-0.25, -0.2) is 0 Å². The fraction of sp³-hybridized carbons (Fsp3) is 1.00. The van der Waals surface area contributed by atoms with Gasteiger partial charge in [0, 0.05) is 0 Å². The minimum absolute atomic E-state index is 0.623. The monoisotopic (exact) mass is 165 g/mol. The third-order valence-electron chi connectivity index (χ3n) is 1.63. The second-order valence-corrected chi connectivity index (χ2v) is 3.85. The maximum Gasteiger partial charge on any atom is 0.119 e. The van der Waals surface area contributed by atoms with E-state index in [1.54, 1.807) is 13.8 Å². The van der Waals surface area contributed by atoms with E-state index in [9.17, 15) is 5.11 Å². The summed E-state index contributed by atoms with van der Waals surface area (Å²) < 4.78 is 0. The Kier molecular flexibility index (Phi) is 3.14. The maximum atomic E-state index is 9.42. The van der Waals surface area contributed by atoms with Gasteiger partial charge in [0.05, 0.1) is 5.60 Å². The lowest BCUT2D eigenvalue weighted by Gasteiger charge is -2.34. The van der Waals surface area contributed by atoms with Crippen LogP contribution in [0.4, 0.5) is 0 Å². The Morgan fingerprint density at radius 3 is 2.00 bits per heavy atom. The summed E-state index contributed by atoms with van der Waals surface area (Å²) in [7, 11) is 0. The van der Waals surface area contributed by atoms with Crippen LogP contribution >= 0.6 is 11.6 Å². The van der Waals surface area contributed by atoms with Crippen molar-refractivity contribution in [3.63, 3.8) is 0 Å². The number of nitrogens with two attached hydrogens (primary N) is 1. The van der Waals surface area contributed by atoms with Crippen molar-refractivity contribution in [2.24, 2.45) is 5.73 Å². The zero-order valence-electron chi connectivity index (χ0n) is 6.82. The number of hydrogen-bond acceptors (Lipinski definition) is 2. The molecule has 1 atom stereocenters. The average molecular weight is 166 g/mol. The minimum Gasteiger partial charge on any atom is -0.387 e. The molecule has 0 aliphatic heterocycles. The molecule has 0 spiro atoms. The Balaban J connectivity index is 4.10. The molecule has 0 amide bonds. The zero-order valence-corrected chi connectivity index (χ0v) is 7.57. The van der Waals surface area contributed by atoms with Gasteiger partial charge in [-0.2, -0.15) is 0 Å². The number of rotatable bonds is 3. The van der Waals surface area contributed by atoms with Gasteiger partial charge in [0.25, 0.3) is 0 Å². The van der Waals surface area contributed by atoms with E-state index in [0.717, 1.165) is 6.42 Å². The highest BCUT2D eigenvalue weighted by Gasteiger charge is 2.37. The Labute approximate surface area is 67.4 Å². The molecular formula is C7H16ClNO. The fourth-order valence-electron chi connectivity index (χ4n) is 0.670. The van der Waals surface area contributed by atoms with Crippen LogP contribution in [0.2, 0.25) is 0 Å². The summed E-state index contributed by atoms with van der Waals surface area (Å²) in [4.78, 5) is -0.984. The van der Waals surface area contributed by atoms with Crippen molar-refractivity contribution in [3.8, 4) is 0 Å². The quantitative estimate of drug-likeness (QED) is 0.491. The van der Waals surface area contributed by atoms with Gasteiger partial charge in [0.1, 0.15) is 5.00 Å². The summed E-state index contributed by atoms with van der Waals surface area (Å²) in [6.07, 6.45) is 1.50. The van der Waals surface area contributed by atoms with Crippen molar-refractivity contribution < 1.29 is 5.11 Å². The molecule has 0 rings (SSSR count). The Bertz CT molecular complexity index is 107. The summed E-state index contributed by atoms with van der Waals surface area (Å²) >= 11 is 5.84. The van der Waals surface area contributed by atoms with Crippen molar-refractivity contribution >= 4 is 11.6 Å². The largest absolute Gasteiger partial charge is 0.387 e. The zero-order chi connectivity index (χ0) is 8.41. The van der Waals surface area contributed by atoms with Gasteiger partial charge in [-0.05, 0) is 20.3 Å². The Morgan fingerprint density at radius 1 is 1.50 bits per heavy atom. The first-order valence-corrected chi connectivity index (χ1v) is 3.89. The predicted molar refractivity (Wildman–Crippen MR) is 44.0 cm³/mol. The first-order valence-electron chi connectivity index (χ1n) is 3.51. The van der Waals surface area contributed by atoms with Gasteiger partial charge < -0.3 is 10.8 Å². The molecule has 0 aromatic carbocycles. The SMILES string of the molecule is CCCC(N)(Cl)C(C)(C)O. The van der Waals surface area contributed by atoms with Crippen LogP contribution in [0, 0.1) is 0 Å². The molecule has 3 N–H and O–H groups in total. The van der Waals surface area contributed by atoms with Crippen LogP contribution in [0.15, 0.2) is 0 Å². The highest BCUT2D eigenvalue weighted by atomic mass is 35.5. The van der Waals surface area contributed by atoms with Crippen LogP contribution in [-0.4, -0.2) is 15.7 Å². The standard InChI is InChI=1S/C7H16ClNO/c1-4-5-7(8,9)6(2,3)10/h10H,4-5,9H2,1-3H3. The molecule has 0 bridgehead atoms. The van der Waals surface area contributed by atoms with E-state index < -0.39 is 10.6 Å². The van der Waals surface area contributed by atoms with Crippen molar-refractivity contribution in [1.29, 1.82) is 0 Å². The minimum atomic E-state index is -1.01. The van der Waals surface area contributed by atoms with E-state index in [-0.39, 0.29) is 0 Å². The topological polar surface area (TPSA) is 46.2 Å². The van der Waals surface area contributed by atoms with E-state index in [0.29, 0.717) is 6.42 Å². The normalized spacial score (nSPS) is 18.6. The molecule has 1 unspecified atom stereocenters. The molecule has 3 heteroatoms. The number of aliphatic hydroxyl groups is 1. The van der Waals surface area contributed by atoms with E-state index in [1.165, 1.54) is 0 Å². The summed E-state index contributed by atoms with van der Waals surface area (Å²) in [6, 6.07) is 0. The molecule has 10 heavy (non-hydrogen) atoms. The summed E-state index contributed by atoms with van der Waals surface area (Å²) in [5.41, 5.74) is 4.61. The third-order valence-corrected chi connectivity index (χ3v) is 2.28. The summed E-state index contributed by atoms with van der Waals surface area (Å²) in [6.45, 7) is 5.22. The number of halogens is 1.